The molecule has 0 heterocycles. The molecule has 0 bridgehead atoms. The Hall–Kier alpha value is 0.0639. The molecule has 22 heavy (non-hydrogen) atoms. The van der Waals surface area contributed by atoms with Crippen LogP contribution < -0.4 is 0 Å². The van der Waals surface area contributed by atoms with E-state index in [1.807, 2.05) is 0 Å². The summed E-state index contributed by atoms with van der Waals surface area (Å²) < 4.78 is 0. The number of benzene rings is 1. The average Bonchev–Trinajstić information content (AvgIpc) is 2.56. The molecule has 0 aliphatic heterocycles. The first-order chi connectivity index (χ1) is 10.3. The molecule has 0 amide bonds. The predicted octanol–water partition coefficient (Wildman–Crippen LogP) is 6.14. The van der Waals surface area contributed by atoms with Crippen LogP contribution in [0.2, 0.25) is 0 Å². The SMILES string of the molecule is CC1CCC(/C=C/C2CCC(c3cc[c-]cc3)CC2)CC1.[Y+3]. The molecule has 3 rings (SSSR count). The molecule has 2 fully saturated rings. The maximum absolute atomic E-state index is 3.13. The molecule has 2 aliphatic carbocycles. The largest absolute Gasteiger partial charge is 3.00 e. The number of rotatable bonds is 3. The third-order valence-electron chi connectivity index (χ3n) is 5.70. The van der Waals surface area contributed by atoms with Crippen LogP contribution in [0.15, 0.2) is 36.4 Å². The molecular formula is C21H29Y+2. The second-order valence-corrected chi connectivity index (χ2v) is 7.35. The van der Waals surface area contributed by atoms with E-state index < -0.39 is 0 Å². The minimum Gasteiger partial charge on any atom is -0.184 e. The van der Waals surface area contributed by atoms with Crippen LogP contribution in [0.5, 0.6) is 0 Å². The Bertz CT molecular complexity index is 434. The van der Waals surface area contributed by atoms with E-state index in [4.69, 9.17) is 0 Å². The van der Waals surface area contributed by atoms with Crippen LogP contribution in [0.25, 0.3) is 0 Å². The summed E-state index contributed by atoms with van der Waals surface area (Å²) in [6, 6.07) is 11.8. The van der Waals surface area contributed by atoms with Crippen molar-refractivity contribution in [2.24, 2.45) is 17.8 Å². The maximum Gasteiger partial charge on any atom is 3.00 e. The molecule has 1 aromatic carbocycles. The number of hydrogen-bond acceptors (Lipinski definition) is 0. The second-order valence-electron chi connectivity index (χ2n) is 7.35. The summed E-state index contributed by atoms with van der Waals surface area (Å²) in [5.41, 5.74) is 1.53. The molecule has 0 radical (unpaired) electrons. The van der Waals surface area contributed by atoms with E-state index >= 15 is 0 Å². The van der Waals surface area contributed by atoms with Gasteiger partial charge in [0, 0.05) is 0 Å². The fourth-order valence-corrected chi connectivity index (χ4v) is 4.11. The van der Waals surface area contributed by atoms with Crippen molar-refractivity contribution in [3.63, 3.8) is 0 Å². The first-order valence-corrected chi connectivity index (χ1v) is 8.95. The van der Waals surface area contributed by atoms with Gasteiger partial charge in [0.2, 0.25) is 0 Å². The van der Waals surface area contributed by atoms with E-state index in [1.165, 1.54) is 56.9 Å². The maximum atomic E-state index is 3.13. The van der Waals surface area contributed by atoms with Gasteiger partial charge < -0.3 is 0 Å². The van der Waals surface area contributed by atoms with Crippen molar-refractivity contribution < 1.29 is 32.7 Å². The quantitative estimate of drug-likeness (QED) is 0.443. The molecular weight excluding hydrogens is 341 g/mol. The van der Waals surface area contributed by atoms with Crippen LogP contribution >= 0.6 is 0 Å². The summed E-state index contributed by atoms with van der Waals surface area (Å²) in [7, 11) is 0. The molecule has 0 spiro atoms. The normalized spacial score (nSPS) is 32.6. The van der Waals surface area contributed by atoms with Crippen molar-refractivity contribution in [2.45, 2.75) is 64.2 Å². The summed E-state index contributed by atoms with van der Waals surface area (Å²) in [4.78, 5) is 0. The molecule has 0 atom stereocenters. The Morgan fingerprint density at radius 3 is 1.86 bits per heavy atom. The van der Waals surface area contributed by atoms with Crippen molar-refractivity contribution in [2.75, 3.05) is 0 Å². The Kier molecular flexibility index (Phi) is 7.85. The number of hydrogen-bond donors (Lipinski definition) is 0. The van der Waals surface area contributed by atoms with Crippen LogP contribution in [0.3, 0.4) is 0 Å². The topological polar surface area (TPSA) is 0 Å². The minimum atomic E-state index is 0. The molecule has 2 saturated carbocycles. The summed E-state index contributed by atoms with van der Waals surface area (Å²) in [5, 5.41) is 0. The van der Waals surface area contributed by atoms with E-state index in [0.717, 1.165) is 23.7 Å². The van der Waals surface area contributed by atoms with Crippen LogP contribution in [0.1, 0.15) is 69.8 Å². The van der Waals surface area contributed by atoms with Gasteiger partial charge >= 0.3 is 32.7 Å². The first kappa shape index (κ1) is 18.4. The van der Waals surface area contributed by atoms with Crippen molar-refractivity contribution in [1.29, 1.82) is 0 Å². The molecule has 2 aliphatic rings. The second kappa shape index (κ2) is 9.38. The molecule has 1 heteroatoms. The summed E-state index contributed by atoms with van der Waals surface area (Å²) in [5.74, 6) is 3.48. The van der Waals surface area contributed by atoms with Crippen molar-refractivity contribution in [3.8, 4) is 0 Å². The van der Waals surface area contributed by atoms with E-state index in [9.17, 15) is 0 Å². The van der Waals surface area contributed by atoms with Crippen LogP contribution in [-0.2, 0) is 32.7 Å². The zero-order valence-corrected chi connectivity index (χ0v) is 16.8. The van der Waals surface area contributed by atoms with Gasteiger partial charge in [-0.2, -0.15) is 35.9 Å². The Morgan fingerprint density at radius 2 is 1.32 bits per heavy atom. The van der Waals surface area contributed by atoms with Gasteiger partial charge in [0.25, 0.3) is 0 Å². The summed E-state index contributed by atoms with van der Waals surface area (Å²) in [6.45, 7) is 2.41. The first-order valence-electron chi connectivity index (χ1n) is 8.95. The van der Waals surface area contributed by atoms with Gasteiger partial charge in [-0.15, -0.1) is 0 Å². The fourth-order valence-electron chi connectivity index (χ4n) is 4.11. The molecule has 1 aromatic rings. The zero-order valence-electron chi connectivity index (χ0n) is 14.0. The van der Waals surface area contributed by atoms with Crippen molar-refractivity contribution in [1.82, 2.24) is 0 Å². The molecule has 0 saturated heterocycles. The van der Waals surface area contributed by atoms with Gasteiger partial charge in [-0.3, -0.25) is 0 Å². The monoisotopic (exact) mass is 370 g/mol. The van der Waals surface area contributed by atoms with Crippen LogP contribution in [-0.4, -0.2) is 0 Å². The van der Waals surface area contributed by atoms with E-state index in [-0.39, 0.29) is 32.7 Å². The third-order valence-corrected chi connectivity index (χ3v) is 5.70. The van der Waals surface area contributed by atoms with Crippen molar-refractivity contribution in [3.05, 3.63) is 48.0 Å². The summed E-state index contributed by atoms with van der Waals surface area (Å²) >= 11 is 0. The van der Waals surface area contributed by atoms with E-state index in [1.54, 1.807) is 0 Å². The van der Waals surface area contributed by atoms with Gasteiger partial charge in [-0.1, -0.05) is 31.9 Å². The van der Waals surface area contributed by atoms with E-state index in [2.05, 4.69) is 49.4 Å². The molecule has 114 valence electrons. The third kappa shape index (κ3) is 5.31. The molecule has 0 N–H and O–H groups in total. The van der Waals surface area contributed by atoms with Gasteiger partial charge in [-0.25, -0.2) is 0 Å². The standard InChI is InChI=1S/C21H29.Y/c1-17-7-9-18(10-8-17)11-12-19-13-15-21(16-14-19)20-5-3-2-4-6-20;/h3-6,11-12,17-19,21H,7-10,13-16H2,1H3;/q-1;+3/b12-11+;. The molecule has 0 unspecified atom stereocenters. The van der Waals surface area contributed by atoms with Gasteiger partial charge in [-0.05, 0) is 62.2 Å². The Morgan fingerprint density at radius 1 is 0.818 bits per heavy atom. The van der Waals surface area contributed by atoms with Crippen LogP contribution in [0, 0.1) is 23.8 Å². The van der Waals surface area contributed by atoms with E-state index in [0.29, 0.717) is 0 Å². The summed E-state index contributed by atoms with van der Waals surface area (Å²) in [6.07, 6.45) is 16.3. The Labute approximate surface area is 162 Å². The minimum absolute atomic E-state index is 0. The average molecular weight is 370 g/mol. The molecule has 0 nitrogen and oxygen atoms in total. The van der Waals surface area contributed by atoms with Crippen molar-refractivity contribution >= 4 is 0 Å². The van der Waals surface area contributed by atoms with Gasteiger partial charge in [0.15, 0.2) is 0 Å². The molecule has 0 aromatic heterocycles. The smallest absolute Gasteiger partial charge is 0.184 e. The predicted molar refractivity (Wildman–Crippen MR) is 90.2 cm³/mol. The number of allylic oxidation sites excluding steroid dienone is 2. The van der Waals surface area contributed by atoms with Crippen LogP contribution in [0.4, 0.5) is 0 Å². The Balaban J connectivity index is 0.00000176. The fraction of sp³-hybridized carbons (Fsp3) is 0.619. The zero-order chi connectivity index (χ0) is 14.5. The van der Waals surface area contributed by atoms with Gasteiger partial charge in [0.05, 0.1) is 0 Å². The van der Waals surface area contributed by atoms with Gasteiger partial charge in [0.1, 0.15) is 0 Å².